The molecular weight excluding hydrogens is 330 g/mol. The van der Waals surface area contributed by atoms with Crippen LogP contribution >= 0.6 is 0 Å². The first-order chi connectivity index (χ1) is 12.4. The second-order valence-electron chi connectivity index (χ2n) is 6.87. The minimum atomic E-state index is -0.712. The Bertz CT molecular complexity index is 561. The van der Waals surface area contributed by atoms with Crippen LogP contribution < -0.4 is 20.1 Å². The Morgan fingerprint density at radius 2 is 1.81 bits per heavy atom. The quantitative estimate of drug-likeness (QED) is 0.439. The number of ether oxygens (including phenoxy) is 2. The Labute approximate surface area is 158 Å². The summed E-state index contributed by atoms with van der Waals surface area (Å²) in [4.78, 5) is 4.53. The zero-order chi connectivity index (χ0) is 19.5. The molecule has 0 aromatic heterocycles. The number of methoxy groups -OCH3 is 2. The van der Waals surface area contributed by atoms with E-state index in [1.165, 1.54) is 6.42 Å². The van der Waals surface area contributed by atoms with Gasteiger partial charge in [0.1, 0.15) is 0 Å². The number of nitrogens with zero attached hydrogens (tertiary/aromatic N) is 1. The molecule has 3 N–H and O–H groups in total. The first-order valence-electron chi connectivity index (χ1n) is 9.36. The fraction of sp³-hybridized carbons (Fsp3) is 0.650. The number of aliphatic hydroxyl groups is 1. The zero-order valence-corrected chi connectivity index (χ0v) is 17.0. The number of guanidine groups is 1. The van der Waals surface area contributed by atoms with Crippen molar-refractivity contribution in [1.29, 1.82) is 0 Å². The van der Waals surface area contributed by atoms with Crippen molar-refractivity contribution in [2.75, 3.05) is 27.3 Å². The molecule has 2 unspecified atom stereocenters. The third-order valence-corrected chi connectivity index (χ3v) is 4.12. The summed E-state index contributed by atoms with van der Waals surface area (Å²) in [5, 5.41) is 17.1. The van der Waals surface area contributed by atoms with Crippen LogP contribution in [0.1, 0.15) is 52.2 Å². The van der Waals surface area contributed by atoms with E-state index in [9.17, 15) is 5.11 Å². The van der Waals surface area contributed by atoms with Crippen LogP contribution in [0.15, 0.2) is 23.2 Å². The molecule has 26 heavy (non-hydrogen) atoms. The van der Waals surface area contributed by atoms with Crippen LogP contribution in [0.25, 0.3) is 0 Å². The Morgan fingerprint density at radius 3 is 2.38 bits per heavy atom. The van der Waals surface area contributed by atoms with Crippen LogP contribution in [0, 0.1) is 5.92 Å². The number of aliphatic imine (C=N–C) groups is 1. The molecule has 1 aromatic carbocycles. The highest BCUT2D eigenvalue weighted by Gasteiger charge is 2.12. The molecule has 0 aliphatic rings. The average molecular weight is 366 g/mol. The lowest BCUT2D eigenvalue weighted by atomic mass is 10.0. The van der Waals surface area contributed by atoms with Crippen LogP contribution in [-0.4, -0.2) is 44.4 Å². The number of nitrogens with one attached hydrogen (secondary N) is 2. The number of hydrogen-bond acceptors (Lipinski definition) is 4. The van der Waals surface area contributed by atoms with Gasteiger partial charge in [-0.05, 0) is 50.3 Å². The molecule has 1 aromatic rings. The normalized spacial score (nSPS) is 14.1. The van der Waals surface area contributed by atoms with Gasteiger partial charge in [-0.1, -0.05) is 19.9 Å². The van der Waals surface area contributed by atoms with Crippen molar-refractivity contribution in [2.24, 2.45) is 10.9 Å². The highest BCUT2D eigenvalue weighted by molar-refractivity contribution is 5.80. The fourth-order valence-corrected chi connectivity index (χ4v) is 2.55. The third kappa shape index (κ3) is 7.52. The molecule has 0 amide bonds. The van der Waals surface area contributed by atoms with Crippen molar-refractivity contribution in [3.05, 3.63) is 23.8 Å². The van der Waals surface area contributed by atoms with Gasteiger partial charge in [-0.3, -0.25) is 4.99 Å². The Morgan fingerprint density at radius 1 is 1.12 bits per heavy atom. The van der Waals surface area contributed by atoms with Gasteiger partial charge in [0, 0.05) is 12.6 Å². The first-order valence-corrected chi connectivity index (χ1v) is 9.36. The number of aliphatic hydroxyl groups excluding tert-OH is 1. The summed E-state index contributed by atoms with van der Waals surface area (Å²) in [6.45, 7) is 9.68. The maximum atomic E-state index is 10.5. The maximum absolute atomic E-state index is 10.5. The number of hydrogen-bond donors (Lipinski definition) is 3. The highest BCUT2D eigenvalue weighted by atomic mass is 16.5. The second kappa shape index (κ2) is 11.6. The summed E-state index contributed by atoms with van der Waals surface area (Å²) in [6.07, 6.45) is 1.54. The standard InChI is InChI=1S/C20H35N3O3/c1-7-21-20(23-15(4)9-8-14(2)3)22-13-17(24)16-10-11-18(25-5)19(12-16)26-6/h10-12,14-15,17,24H,7-9,13H2,1-6H3,(H2,21,22,23). The van der Waals surface area contributed by atoms with Gasteiger partial charge < -0.3 is 25.2 Å². The number of benzene rings is 1. The van der Waals surface area contributed by atoms with Gasteiger partial charge in [0.15, 0.2) is 17.5 Å². The molecule has 0 radical (unpaired) electrons. The molecule has 0 aliphatic carbocycles. The van der Waals surface area contributed by atoms with Gasteiger partial charge in [-0.15, -0.1) is 0 Å². The second-order valence-corrected chi connectivity index (χ2v) is 6.87. The summed E-state index contributed by atoms with van der Waals surface area (Å²) < 4.78 is 10.5. The molecule has 6 heteroatoms. The Balaban J connectivity index is 2.73. The predicted molar refractivity (Wildman–Crippen MR) is 107 cm³/mol. The highest BCUT2D eigenvalue weighted by Crippen LogP contribution is 2.30. The van der Waals surface area contributed by atoms with E-state index in [2.05, 4.69) is 36.4 Å². The smallest absolute Gasteiger partial charge is 0.191 e. The molecule has 0 fully saturated rings. The molecule has 1 rings (SSSR count). The first kappa shape index (κ1) is 22.1. The van der Waals surface area contributed by atoms with Gasteiger partial charge in [0.05, 0.1) is 26.9 Å². The summed E-state index contributed by atoms with van der Waals surface area (Å²) in [5.41, 5.74) is 0.745. The van der Waals surface area contributed by atoms with Crippen molar-refractivity contribution >= 4 is 5.96 Å². The molecule has 2 atom stereocenters. The van der Waals surface area contributed by atoms with Gasteiger partial charge in [-0.25, -0.2) is 0 Å². The SMILES string of the molecule is CCNC(=NCC(O)c1ccc(OC)c(OC)c1)NC(C)CCC(C)C. The molecule has 6 nitrogen and oxygen atoms in total. The summed E-state index contributed by atoms with van der Waals surface area (Å²) in [5.74, 6) is 2.65. The molecule has 148 valence electrons. The monoisotopic (exact) mass is 365 g/mol. The van der Waals surface area contributed by atoms with E-state index in [-0.39, 0.29) is 6.54 Å². The van der Waals surface area contributed by atoms with Gasteiger partial charge in [0.25, 0.3) is 0 Å². The number of rotatable bonds is 10. The van der Waals surface area contributed by atoms with Gasteiger partial charge >= 0.3 is 0 Å². The van der Waals surface area contributed by atoms with Crippen molar-refractivity contribution in [3.8, 4) is 11.5 Å². The van der Waals surface area contributed by atoms with Crippen LogP contribution in [0.2, 0.25) is 0 Å². The predicted octanol–water partition coefficient (Wildman–Crippen LogP) is 3.12. The Kier molecular flexibility index (Phi) is 9.88. The lowest BCUT2D eigenvalue weighted by Crippen LogP contribution is -2.42. The van der Waals surface area contributed by atoms with Crippen molar-refractivity contribution in [3.63, 3.8) is 0 Å². The molecule has 0 heterocycles. The third-order valence-electron chi connectivity index (χ3n) is 4.12. The fourth-order valence-electron chi connectivity index (χ4n) is 2.55. The van der Waals surface area contributed by atoms with E-state index in [1.54, 1.807) is 26.4 Å². The van der Waals surface area contributed by atoms with Crippen LogP contribution in [0.5, 0.6) is 11.5 Å². The van der Waals surface area contributed by atoms with Crippen LogP contribution in [0.4, 0.5) is 0 Å². The molecule has 0 aliphatic heterocycles. The molecule has 0 spiro atoms. The van der Waals surface area contributed by atoms with E-state index in [1.807, 2.05) is 13.0 Å². The molecule has 0 bridgehead atoms. The summed E-state index contributed by atoms with van der Waals surface area (Å²) in [6, 6.07) is 5.73. The molecule has 0 saturated carbocycles. The minimum Gasteiger partial charge on any atom is -0.493 e. The van der Waals surface area contributed by atoms with E-state index in [4.69, 9.17) is 9.47 Å². The summed E-state index contributed by atoms with van der Waals surface area (Å²) >= 11 is 0. The lowest BCUT2D eigenvalue weighted by molar-refractivity contribution is 0.186. The van der Waals surface area contributed by atoms with E-state index < -0.39 is 6.10 Å². The summed E-state index contributed by atoms with van der Waals surface area (Å²) in [7, 11) is 3.17. The lowest BCUT2D eigenvalue weighted by Gasteiger charge is -2.19. The van der Waals surface area contributed by atoms with Crippen molar-refractivity contribution < 1.29 is 14.6 Å². The molecular formula is C20H35N3O3. The topological polar surface area (TPSA) is 75.1 Å². The van der Waals surface area contributed by atoms with Gasteiger partial charge in [0.2, 0.25) is 0 Å². The maximum Gasteiger partial charge on any atom is 0.191 e. The minimum absolute atomic E-state index is 0.266. The Hall–Kier alpha value is -1.95. The van der Waals surface area contributed by atoms with Crippen LogP contribution in [0.3, 0.4) is 0 Å². The van der Waals surface area contributed by atoms with Crippen LogP contribution in [-0.2, 0) is 0 Å². The van der Waals surface area contributed by atoms with Crippen molar-refractivity contribution in [1.82, 2.24) is 10.6 Å². The largest absolute Gasteiger partial charge is 0.493 e. The van der Waals surface area contributed by atoms with E-state index in [0.29, 0.717) is 23.5 Å². The average Bonchev–Trinajstić information content (AvgIpc) is 2.63. The van der Waals surface area contributed by atoms with E-state index >= 15 is 0 Å². The van der Waals surface area contributed by atoms with E-state index in [0.717, 1.165) is 24.5 Å². The zero-order valence-electron chi connectivity index (χ0n) is 17.0. The van der Waals surface area contributed by atoms with Gasteiger partial charge in [-0.2, -0.15) is 0 Å². The molecule has 0 saturated heterocycles. The van der Waals surface area contributed by atoms with Crippen molar-refractivity contribution in [2.45, 2.75) is 52.7 Å².